The number of rotatable bonds is 7. The fourth-order valence-corrected chi connectivity index (χ4v) is 1.98. The molecule has 1 aromatic carbocycles. The van der Waals surface area contributed by atoms with Crippen molar-refractivity contribution in [1.82, 2.24) is 4.90 Å². The lowest BCUT2D eigenvalue weighted by Crippen LogP contribution is -2.46. The monoisotopic (exact) mass is 349 g/mol. The van der Waals surface area contributed by atoms with Crippen molar-refractivity contribution in [3.05, 3.63) is 29.8 Å². The number of nitrogens with two attached hydrogens (primary N) is 1. The summed E-state index contributed by atoms with van der Waals surface area (Å²) in [4.78, 5) is 25.2. The summed E-state index contributed by atoms with van der Waals surface area (Å²) < 4.78 is 26.9. The van der Waals surface area contributed by atoms with Gasteiger partial charge in [0.15, 0.2) is 0 Å². The van der Waals surface area contributed by atoms with Crippen LogP contribution in [0.25, 0.3) is 0 Å². The van der Waals surface area contributed by atoms with E-state index in [0.717, 1.165) is 18.6 Å². The maximum atomic E-state index is 13.5. The van der Waals surface area contributed by atoms with Crippen LogP contribution in [0.2, 0.25) is 0 Å². The number of nitrogens with one attached hydrogen (secondary N) is 1. The van der Waals surface area contributed by atoms with Crippen LogP contribution in [0.5, 0.6) is 0 Å². The molecule has 0 aliphatic rings. The van der Waals surface area contributed by atoms with Gasteiger partial charge in [-0.15, -0.1) is 12.4 Å². The van der Waals surface area contributed by atoms with Crippen molar-refractivity contribution in [2.75, 3.05) is 18.4 Å². The van der Waals surface area contributed by atoms with Crippen LogP contribution in [0.15, 0.2) is 18.2 Å². The molecule has 130 valence electrons. The third-order valence-corrected chi connectivity index (χ3v) is 3.17. The molecule has 23 heavy (non-hydrogen) atoms. The zero-order valence-corrected chi connectivity index (χ0v) is 14.0. The number of anilines is 1. The van der Waals surface area contributed by atoms with Gasteiger partial charge in [0, 0.05) is 6.54 Å². The van der Waals surface area contributed by atoms with Crippen molar-refractivity contribution in [2.45, 2.75) is 32.7 Å². The number of amides is 2. The van der Waals surface area contributed by atoms with Crippen LogP contribution in [-0.4, -0.2) is 35.8 Å². The maximum Gasteiger partial charge on any atom is 0.244 e. The third-order valence-electron chi connectivity index (χ3n) is 3.17. The molecular weight excluding hydrogens is 328 g/mol. The van der Waals surface area contributed by atoms with Crippen molar-refractivity contribution in [1.29, 1.82) is 0 Å². The van der Waals surface area contributed by atoms with Gasteiger partial charge in [-0.25, -0.2) is 8.78 Å². The van der Waals surface area contributed by atoms with Gasteiger partial charge in [-0.1, -0.05) is 19.4 Å². The summed E-state index contributed by atoms with van der Waals surface area (Å²) in [7, 11) is 0. The Morgan fingerprint density at radius 2 is 1.83 bits per heavy atom. The van der Waals surface area contributed by atoms with Crippen LogP contribution in [0.3, 0.4) is 0 Å². The average Bonchev–Trinajstić information content (AvgIpc) is 2.48. The predicted octanol–water partition coefficient (Wildman–Crippen LogP) is 2.30. The highest BCUT2D eigenvalue weighted by atomic mass is 35.5. The summed E-state index contributed by atoms with van der Waals surface area (Å²) in [6.07, 6.45) is 1.26. The third kappa shape index (κ3) is 6.11. The van der Waals surface area contributed by atoms with E-state index in [9.17, 15) is 18.4 Å². The zero-order valence-electron chi connectivity index (χ0n) is 13.1. The van der Waals surface area contributed by atoms with Gasteiger partial charge in [0.05, 0.1) is 12.6 Å². The second kappa shape index (κ2) is 10.1. The Morgan fingerprint density at radius 1 is 1.26 bits per heavy atom. The summed E-state index contributed by atoms with van der Waals surface area (Å²) >= 11 is 0. The quantitative estimate of drug-likeness (QED) is 0.793. The number of carbonyl (C=O) groups is 2. The highest BCUT2D eigenvalue weighted by Crippen LogP contribution is 2.17. The molecule has 1 atom stereocenters. The molecule has 0 bridgehead atoms. The molecule has 3 N–H and O–H groups in total. The molecule has 1 unspecified atom stereocenters. The number of para-hydroxylation sites is 1. The second-order valence-electron chi connectivity index (χ2n) is 4.89. The van der Waals surface area contributed by atoms with Crippen LogP contribution >= 0.6 is 12.4 Å². The Hall–Kier alpha value is -1.73. The number of halogens is 3. The summed E-state index contributed by atoms with van der Waals surface area (Å²) in [5, 5.41) is 2.15. The normalized spacial score (nSPS) is 11.3. The number of nitrogens with zero attached hydrogens (tertiary/aromatic N) is 1. The lowest BCUT2D eigenvalue weighted by molar-refractivity contribution is -0.135. The first-order chi connectivity index (χ1) is 10.4. The Balaban J connectivity index is 0.00000484. The standard InChI is InChI=1S/C15H21F2N3O2.ClH/c1-3-6-12(18)15(22)20(4-2)9-13(21)19-14-10(16)7-5-8-11(14)17;/h5,7-8,12H,3-4,6,9,18H2,1-2H3,(H,19,21);1H. The highest BCUT2D eigenvalue weighted by molar-refractivity contribution is 5.95. The van der Waals surface area contributed by atoms with Crippen molar-refractivity contribution in [3.63, 3.8) is 0 Å². The molecule has 0 saturated heterocycles. The first-order valence-corrected chi connectivity index (χ1v) is 7.18. The Kier molecular flexibility index (Phi) is 9.36. The van der Waals surface area contributed by atoms with Gasteiger partial charge in [0.1, 0.15) is 17.3 Å². The van der Waals surface area contributed by atoms with Crippen LogP contribution in [-0.2, 0) is 9.59 Å². The lowest BCUT2D eigenvalue weighted by atomic mass is 10.1. The maximum absolute atomic E-state index is 13.5. The molecule has 0 fully saturated rings. The van der Waals surface area contributed by atoms with E-state index < -0.39 is 29.3 Å². The largest absolute Gasteiger partial charge is 0.332 e. The van der Waals surface area contributed by atoms with Crippen molar-refractivity contribution < 1.29 is 18.4 Å². The molecule has 0 aliphatic heterocycles. The van der Waals surface area contributed by atoms with Gasteiger partial charge >= 0.3 is 0 Å². The number of likely N-dealkylation sites (N-methyl/N-ethyl adjacent to an activating group) is 1. The van der Waals surface area contributed by atoms with E-state index >= 15 is 0 Å². The SMILES string of the molecule is CCCC(N)C(=O)N(CC)CC(=O)Nc1c(F)cccc1F.Cl. The molecule has 0 aliphatic carbocycles. The van der Waals surface area contributed by atoms with E-state index in [-0.39, 0.29) is 31.4 Å². The summed E-state index contributed by atoms with van der Waals surface area (Å²) in [5.74, 6) is -2.77. The minimum Gasteiger partial charge on any atom is -0.332 e. The lowest BCUT2D eigenvalue weighted by Gasteiger charge is -2.23. The molecule has 1 rings (SSSR count). The second-order valence-corrected chi connectivity index (χ2v) is 4.89. The number of hydrogen-bond donors (Lipinski definition) is 2. The molecular formula is C15H22ClF2N3O2. The van der Waals surface area contributed by atoms with Crippen LogP contribution in [0.4, 0.5) is 14.5 Å². The first kappa shape index (κ1) is 21.3. The molecule has 0 heterocycles. The van der Waals surface area contributed by atoms with Crippen LogP contribution < -0.4 is 11.1 Å². The van der Waals surface area contributed by atoms with E-state index in [2.05, 4.69) is 5.32 Å². The van der Waals surface area contributed by atoms with Gasteiger partial charge in [-0.05, 0) is 25.5 Å². The number of hydrogen-bond acceptors (Lipinski definition) is 3. The van der Waals surface area contributed by atoms with Crippen molar-refractivity contribution in [2.24, 2.45) is 5.73 Å². The minimum absolute atomic E-state index is 0. The zero-order chi connectivity index (χ0) is 16.7. The van der Waals surface area contributed by atoms with E-state index in [4.69, 9.17) is 5.73 Å². The number of carbonyl (C=O) groups excluding carboxylic acids is 2. The molecule has 8 heteroatoms. The molecule has 0 saturated carbocycles. The van der Waals surface area contributed by atoms with Crippen LogP contribution in [0, 0.1) is 11.6 Å². The average molecular weight is 350 g/mol. The molecule has 1 aromatic rings. The highest BCUT2D eigenvalue weighted by Gasteiger charge is 2.22. The van der Waals surface area contributed by atoms with Gasteiger partial charge < -0.3 is 16.0 Å². The summed E-state index contributed by atoms with van der Waals surface area (Å²) in [6, 6.07) is 2.60. The smallest absolute Gasteiger partial charge is 0.244 e. The summed E-state index contributed by atoms with van der Waals surface area (Å²) in [6.45, 7) is 3.58. The van der Waals surface area contributed by atoms with Gasteiger partial charge in [0.2, 0.25) is 11.8 Å². The van der Waals surface area contributed by atoms with Crippen LogP contribution in [0.1, 0.15) is 26.7 Å². The first-order valence-electron chi connectivity index (χ1n) is 7.18. The predicted molar refractivity (Wildman–Crippen MR) is 87.4 cm³/mol. The molecule has 5 nitrogen and oxygen atoms in total. The van der Waals surface area contributed by atoms with Gasteiger partial charge in [-0.2, -0.15) is 0 Å². The van der Waals surface area contributed by atoms with E-state index in [1.54, 1.807) is 6.92 Å². The Morgan fingerprint density at radius 3 is 2.30 bits per heavy atom. The molecule has 0 radical (unpaired) electrons. The molecule has 0 aromatic heterocycles. The fourth-order valence-electron chi connectivity index (χ4n) is 1.98. The molecule has 2 amide bonds. The van der Waals surface area contributed by atoms with E-state index in [0.29, 0.717) is 6.42 Å². The van der Waals surface area contributed by atoms with E-state index in [1.165, 1.54) is 11.0 Å². The molecule has 0 spiro atoms. The topological polar surface area (TPSA) is 75.4 Å². The van der Waals surface area contributed by atoms with Gasteiger partial charge in [0.25, 0.3) is 0 Å². The fraction of sp³-hybridized carbons (Fsp3) is 0.467. The van der Waals surface area contributed by atoms with E-state index in [1.807, 2.05) is 6.92 Å². The minimum atomic E-state index is -0.870. The number of benzene rings is 1. The Labute approximate surface area is 140 Å². The summed E-state index contributed by atoms with van der Waals surface area (Å²) in [5.41, 5.74) is 5.22. The Bertz CT molecular complexity index is 523. The van der Waals surface area contributed by atoms with Crippen molar-refractivity contribution in [3.8, 4) is 0 Å². The van der Waals surface area contributed by atoms with Crippen molar-refractivity contribution >= 4 is 29.9 Å². The van der Waals surface area contributed by atoms with Gasteiger partial charge in [-0.3, -0.25) is 9.59 Å².